The molecule has 24 heavy (non-hydrogen) atoms. The Bertz CT molecular complexity index is 823. The molecule has 0 spiro atoms. The highest BCUT2D eigenvalue weighted by Crippen LogP contribution is 2.39. The van der Waals surface area contributed by atoms with Gasteiger partial charge in [0.15, 0.2) is 0 Å². The van der Waals surface area contributed by atoms with Gasteiger partial charge < -0.3 is 9.47 Å². The second-order valence-electron chi connectivity index (χ2n) is 5.88. The van der Waals surface area contributed by atoms with E-state index in [1.807, 2.05) is 73.1 Å². The molecule has 124 valence electrons. The molecule has 0 amide bonds. The summed E-state index contributed by atoms with van der Waals surface area (Å²) >= 11 is 0. The van der Waals surface area contributed by atoms with Gasteiger partial charge in [0.05, 0.1) is 30.2 Å². The Morgan fingerprint density at radius 3 is 2.29 bits per heavy atom. The van der Waals surface area contributed by atoms with Crippen LogP contribution in [0.4, 0.5) is 0 Å². The largest absolute Gasteiger partial charge is 0.496 e. The molecule has 1 heterocycles. The van der Waals surface area contributed by atoms with Crippen molar-refractivity contribution < 1.29 is 9.47 Å². The highest BCUT2D eigenvalue weighted by molar-refractivity contribution is 5.77. The molecule has 0 N–H and O–H groups in total. The molecule has 0 saturated carbocycles. The van der Waals surface area contributed by atoms with Crippen molar-refractivity contribution in [2.45, 2.75) is 26.9 Å². The SMILES string of the molecule is COc1ccccc1-c1c(OC(C)C)nn(-c2ccccc2)c1C. The van der Waals surface area contributed by atoms with Crippen molar-refractivity contribution in [3.05, 3.63) is 60.3 Å². The molecule has 0 bridgehead atoms. The van der Waals surface area contributed by atoms with E-state index >= 15 is 0 Å². The fourth-order valence-electron chi connectivity index (χ4n) is 2.76. The second-order valence-corrected chi connectivity index (χ2v) is 5.88. The van der Waals surface area contributed by atoms with Crippen molar-refractivity contribution >= 4 is 0 Å². The van der Waals surface area contributed by atoms with E-state index in [4.69, 9.17) is 14.6 Å². The Balaban J connectivity index is 2.22. The van der Waals surface area contributed by atoms with Crippen LogP contribution in [0.3, 0.4) is 0 Å². The molecule has 3 aromatic rings. The molecule has 1 aromatic heterocycles. The minimum Gasteiger partial charge on any atom is -0.496 e. The maximum absolute atomic E-state index is 5.99. The summed E-state index contributed by atoms with van der Waals surface area (Å²) in [6.07, 6.45) is 0.0389. The first-order valence-corrected chi connectivity index (χ1v) is 8.07. The van der Waals surface area contributed by atoms with Crippen molar-refractivity contribution in [3.63, 3.8) is 0 Å². The number of para-hydroxylation sites is 2. The maximum atomic E-state index is 5.99. The first-order chi connectivity index (χ1) is 11.6. The van der Waals surface area contributed by atoms with Crippen LogP contribution in [0.25, 0.3) is 16.8 Å². The van der Waals surface area contributed by atoms with Crippen LogP contribution in [-0.2, 0) is 0 Å². The van der Waals surface area contributed by atoms with Gasteiger partial charge in [0.2, 0.25) is 5.88 Å². The molecule has 0 aliphatic heterocycles. The summed E-state index contributed by atoms with van der Waals surface area (Å²) in [5, 5.41) is 4.71. The Labute approximate surface area is 142 Å². The Kier molecular flexibility index (Phi) is 4.56. The van der Waals surface area contributed by atoms with Gasteiger partial charge in [-0.1, -0.05) is 36.4 Å². The summed E-state index contributed by atoms with van der Waals surface area (Å²) in [5.74, 6) is 1.43. The van der Waals surface area contributed by atoms with E-state index in [2.05, 4.69) is 6.92 Å². The number of ether oxygens (including phenoxy) is 2. The van der Waals surface area contributed by atoms with Gasteiger partial charge in [-0.15, -0.1) is 5.10 Å². The number of hydrogen-bond acceptors (Lipinski definition) is 3. The van der Waals surface area contributed by atoms with E-state index in [9.17, 15) is 0 Å². The third-order valence-electron chi connectivity index (χ3n) is 3.81. The number of benzene rings is 2. The van der Waals surface area contributed by atoms with Crippen LogP contribution in [0.1, 0.15) is 19.5 Å². The van der Waals surface area contributed by atoms with Crippen LogP contribution in [0.2, 0.25) is 0 Å². The van der Waals surface area contributed by atoms with Crippen LogP contribution < -0.4 is 9.47 Å². The number of methoxy groups -OCH3 is 1. The van der Waals surface area contributed by atoms with Gasteiger partial charge in [0, 0.05) is 5.56 Å². The molecular weight excluding hydrogens is 300 g/mol. The lowest BCUT2D eigenvalue weighted by Crippen LogP contribution is -2.07. The van der Waals surface area contributed by atoms with E-state index in [1.165, 1.54) is 0 Å². The van der Waals surface area contributed by atoms with E-state index in [-0.39, 0.29) is 6.10 Å². The van der Waals surface area contributed by atoms with Crippen LogP contribution in [-0.4, -0.2) is 23.0 Å². The molecular formula is C20H22N2O2. The van der Waals surface area contributed by atoms with E-state index < -0.39 is 0 Å². The summed E-state index contributed by atoms with van der Waals surface area (Å²) in [6, 6.07) is 18.0. The first-order valence-electron chi connectivity index (χ1n) is 8.07. The van der Waals surface area contributed by atoms with Crippen molar-refractivity contribution in [1.29, 1.82) is 0 Å². The summed E-state index contributed by atoms with van der Waals surface area (Å²) in [5.41, 5.74) is 3.96. The average Bonchev–Trinajstić information content (AvgIpc) is 2.91. The predicted molar refractivity (Wildman–Crippen MR) is 96.1 cm³/mol. The molecule has 0 aliphatic rings. The zero-order chi connectivity index (χ0) is 17.1. The Hall–Kier alpha value is -2.75. The van der Waals surface area contributed by atoms with Crippen molar-refractivity contribution in [1.82, 2.24) is 9.78 Å². The quantitative estimate of drug-likeness (QED) is 0.686. The lowest BCUT2D eigenvalue weighted by Gasteiger charge is -2.12. The van der Waals surface area contributed by atoms with Crippen molar-refractivity contribution in [2.75, 3.05) is 7.11 Å². The predicted octanol–water partition coefficient (Wildman–Crippen LogP) is 4.64. The lowest BCUT2D eigenvalue weighted by molar-refractivity contribution is 0.232. The van der Waals surface area contributed by atoms with Crippen LogP contribution in [0, 0.1) is 6.92 Å². The molecule has 0 saturated heterocycles. The van der Waals surface area contributed by atoms with E-state index in [1.54, 1.807) is 7.11 Å². The molecule has 0 atom stereocenters. The molecule has 0 radical (unpaired) electrons. The van der Waals surface area contributed by atoms with E-state index in [0.717, 1.165) is 28.3 Å². The Morgan fingerprint density at radius 2 is 1.62 bits per heavy atom. The second kappa shape index (κ2) is 6.79. The van der Waals surface area contributed by atoms with Crippen molar-refractivity contribution in [2.24, 2.45) is 0 Å². The highest BCUT2D eigenvalue weighted by Gasteiger charge is 2.22. The van der Waals surface area contributed by atoms with Crippen LogP contribution in [0.5, 0.6) is 11.6 Å². The van der Waals surface area contributed by atoms with Crippen molar-refractivity contribution in [3.8, 4) is 28.4 Å². The number of rotatable bonds is 5. The highest BCUT2D eigenvalue weighted by atomic mass is 16.5. The molecule has 4 heteroatoms. The first kappa shape index (κ1) is 16.1. The van der Waals surface area contributed by atoms with Gasteiger partial charge >= 0.3 is 0 Å². The molecule has 0 unspecified atom stereocenters. The monoisotopic (exact) mass is 322 g/mol. The number of aromatic nitrogens is 2. The van der Waals surface area contributed by atoms with Crippen LogP contribution in [0.15, 0.2) is 54.6 Å². The van der Waals surface area contributed by atoms with E-state index in [0.29, 0.717) is 5.88 Å². The molecule has 2 aromatic carbocycles. The molecule has 0 fully saturated rings. The van der Waals surface area contributed by atoms with Crippen LogP contribution >= 0.6 is 0 Å². The minimum atomic E-state index is 0.0389. The van der Waals surface area contributed by atoms with Gasteiger partial charge in [-0.05, 0) is 39.0 Å². The van der Waals surface area contributed by atoms with Gasteiger partial charge in [0.25, 0.3) is 0 Å². The number of hydrogen-bond donors (Lipinski definition) is 0. The minimum absolute atomic E-state index is 0.0389. The van der Waals surface area contributed by atoms with Gasteiger partial charge in [-0.3, -0.25) is 0 Å². The standard InChI is InChI=1S/C20H22N2O2/c1-14(2)24-20-19(17-12-8-9-13-18(17)23-4)15(3)22(21-20)16-10-6-5-7-11-16/h5-14H,1-4H3. The molecule has 3 rings (SSSR count). The fourth-order valence-corrected chi connectivity index (χ4v) is 2.76. The van der Waals surface area contributed by atoms with Gasteiger partial charge in [-0.2, -0.15) is 0 Å². The summed E-state index contributed by atoms with van der Waals surface area (Å²) in [4.78, 5) is 0. The normalized spacial score (nSPS) is 10.9. The Morgan fingerprint density at radius 1 is 0.958 bits per heavy atom. The third kappa shape index (κ3) is 3.00. The molecule has 0 aliphatic carbocycles. The zero-order valence-electron chi connectivity index (χ0n) is 14.5. The number of nitrogens with zero attached hydrogens (tertiary/aromatic N) is 2. The average molecular weight is 322 g/mol. The topological polar surface area (TPSA) is 36.3 Å². The van der Waals surface area contributed by atoms with Gasteiger partial charge in [-0.25, -0.2) is 4.68 Å². The summed E-state index contributed by atoms with van der Waals surface area (Å²) in [6.45, 7) is 6.06. The smallest absolute Gasteiger partial charge is 0.241 e. The summed E-state index contributed by atoms with van der Waals surface area (Å²) < 4.78 is 13.4. The fraction of sp³-hybridized carbons (Fsp3) is 0.250. The van der Waals surface area contributed by atoms with Gasteiger partial charge in [0.1, 0.15) is 5.75 Å². The molecule has 4 nitrogen and oxygen atoms in total. The third-order valence-corrected chi connectivity index (χ3v) is 3.81. The zero-order valence-corrected chi connectivity index (χ0v) is 14.5. The lowest BCUT2D eigenvalue weighted by atomic mass is 10.0. The summed E-state index contributed by atoms with van der Waals surface area (Å²) in [7, 11) is 1.68. The maximum Gasteiger partial charge on any atom is 0.241 e.